The summed E-state index contributed by atoms with van der Waals surface area (Å²) in [4.78, 5) is 43.4. The van der Waals surface area contributed by atoms with E-state index in [9.17, 15) is 19.5 Å². The van der Waals surface area contributed by atoms with Crippen molar-refractivity contribution in [2.24, 2.45) is 0 Å². The van der Waals surface area contributed by atoms with Crippen molar-refractivity contribution in [2.75, 3.05) is 33.7 Å². The molecule has 0 heterocycles. The van der Waals surface area contributed by atoms with Gasteiger partial charge in [0.05, 0.1) is 6.10 Å². The smallest absolute Gasteiger partial charge is 0.410 e. The third kappa shape index (κ3) is 45.7. The first-order valence-electron chi connectivity index (χ1n) is 30.3. The zero-order valence-electron chi connectivity index (χ0n) is 47.1. The molecule has 1 amide bonds. The molecule has 0 saturated heterocycles. The highest BCUT2D eigenvalue weighted by Gasteiger charge is 2.23. The molecule has 0 spiro atoms. The Morgan fingerprint density at radius 1 is 0.362 bits per heavy atom. The average Bonchev–Trinajstić information content (AvgIpc) is 3.32. The fourth-order valence-electron chi connectivity index (χ4n) is 9.55. The molecule has 0 aromatic heterocycles. The van der Waals surface area contributed by atoms with Crippen LogP contribution in [0.3, 0.4) is 0 Å². The van der Waals surface area contributed by atoms with E-state index in [2.05, 4.69) is 53.6 Å². The summed E-state index contributed by atoms with van der Waals surface area (Å²) in [7, 11) is 4.10. The molecule has 0 radical (unpaired) electrons. The van der Waals surface area contributed by atoms with Gasteiger partial charge in [-0.25, -0.2) is 4.79 Å². The molecule has 0 aliphatic heterocycles. The van der Waals surface area contributed by atoms with Crippen LogP contribution in [-0.2, 0) is 23.8 Å². The molecule has 0 fully saturated rings. The van der Waals surface area contributed by atoms with Gasteiger partial charge in [0, 0.05) is 25.9 Å². The minimum atomic E-state index is -0.541. The number of esters is 2. The molecule has 9 heteroatoms. The number of carbonyl (C=O) groups excluding carboxylic acids is 3. The molecule has 0 rings (SSSR count). The number of aliphatic hydroxyl groups is 1. The maximum absolute atomic E-state index is 13.9. The summed E-state index contributed by atoms with van der Waals surface area (Å²) in [5.41, 5.74) is 0. The quantitative estimate of drug-likeness (QED) is 0.0365. The molecule has 9 nitrogen and oxygen atoms in total. The Bertz CT molecular complexity index is 1040. The number of unbranched alkanes of at least 4 members (excludes halogenated alkanes) is 26. The minimum Gasteiger partial charge on any atom is -0.462 e. The van der Waals surface area contributed by atoms with Gasteiger partial charge < -0.3 is 29.1 Å². The Balaban J connectivity index is 5.14. The van der Waals surface area contributed by atoms with Crippen molar-refractivity contribution in [2.45, 2.75) is 335 Å². The minimum absolute atomic E-state index is 0.0177. The summed E-state index contributed by atoms with van der Waals surface area (Å²) < 4.78 is 18.4. The van der Waals surface area contributed by atoms with Gasteiger partial charge >= 0.3 is 18.0 Å². The van der Waals surface area contributed by atoms with Crippen LogP contribution in [-0.4, -0.2) is 91.1 Å². The van der Waals surface area contributed by atoms with Crippen molar-refractivity contribution in [3.05, 3.63) is 0 Å². The van der Waals surface area contributed by atoms with Gasteiger partial charge in [-0.3, -0.25) is 9.59 Å². The molecular formula is C60H118N2O7. The third-order valence-corrected chi connectivity index (χ3v) is 14.1. The van der Waals surface area contributed by atoms with E-state index in [0.29, 0.717) is 32.4 Å². The Kier molecular flexibility index (Phi) is 49.7. The van der Waals surface area contributed by atoms with E-state index in [1.165, 1.54) is 96.3 Å². The Morgan fingerprint density at radius 2 is 0.652 bits per heavy atom. The van der Waals surface area contributed by atoms with Crippen molar-refractivity contribution in [1.29, 1.82) is 0 Å². The summed E-state index contributed by atoms with van der Waals surface area (Å²) in [6.07, 6.45) is 45.1. The number of aliphatic hydroxyl groups excluding tert-OH is 1. The van der Waals surface area contributed by atoms with Crippen molar-refractivity contribution >= 4 is 18.0 Å². The molecule has 0 saturated carbocycles. The summed E-state index contributed by atoms with van der Waals surface area (Å²) >= 11 is 0. The topological polar surface area (TPSA) is 106 Å². The highest BCUT2D eigenvalue weighted by molar-refractivity contribution is 5.70. The number of ether oxygens (including phenoxy) is 3. The Morgan fingerprint density at radius 3 is 1.00 bits per heavy atom. The largest absolute Gasteiger partial charge is 0.462 e. The fourth-order valence-corrected chi connectivity index (χ4v) is 9.55. The van der Waals surface area contributed by atoms with Gasteiger partial charge in [0.15, 0.2) is 0 Å². The van der Waals surface area contributed by atoms with Gasteiger partial charge in [-0.15, -0.1) is 0 Å². The maximum Gasteiger partial charge on any atom is 0.410 e. The van der Waals surface area contributed by atoms with Crippen LogP contribution in [0.25, 0.3) is 0 Å². The lowest BCUT2D eigenvalue weighted by atomic mass is 10.0. The van der Waals surface area contributed by atoms with Crippen LogP contribution < -0.4 is 0 Å². The zero-order valence-corrected chi connectivity index (χ0v) is 47.1. The lowest BCUT2D eigenvalue weighted by Gasteiger charge is -2.28. The summed E-state index contributed by atoms with van der Waals surface area (Å²) in [6.45, 7) is 12.9. The van der Waals surface area contributed by atoms with E-state index >= 15 is 0 Å². The molecule has 0 aliphatic rings. The normalized spacial score (nSPS) is 12.2. The number of rotatable bonds is 53. The molecule has 1 unspecified atom stereocenters. The third-order valence-electron chi connectivity index (χ3n) is 14.1. The van der Waals surface area contributed by atoms with Crippen molar-refractivity contribution in [3.63, 3.8) is 0 Å². The molecule has 1 atom stereocenters. The van der Waals surface area contributed by atoms with Crippen LogP contribution in [0.1, 0.15) is 311 Å². The molecule has 410 valence electrons. The van der Waals surface area contributed by atoms with E-state index in [1.54, 1.807) is 4.90 Å². The Hall–Kier alpha value is -1.87. The number of amides is 1. The average molecular weight is 980 g/mol. The van der Waals surface area contributed by atoms with E-state index in [0.717, 1.165) is 167 Å². The number of hydrogen-bond donors (Lipinski definition) is 1. The zero-order chi connectivity index (χ0) is 50.8. The van der Waals surface area contributed by atoms with Gasteiger partial charge in [0.2, 0.25) is 0 Å². The van der Waals surface area contributed by atoms with E-state index in [4.69, 9.17) is 14.2 Å². The van der Waals surface area contributed by atoms with Crippen LogP contribution >= 0.6 is 0 Å². The lowest BCUT2D eigenvalue weighted by molar-refractivity contribution is -0.151. The second-order valence-electron chi connectivity index (χ2n) is 21.4. The van der Waals surface area contributed by atoms with Gasteiger partial charge in [-0.2, -0.15) is 0 Å². The standard InChI is InChI=1S/C60H118N2O7/c1-8-13-18-27-32-42-54(63)53-62(52-41-51-61(6)7)60(66)69-57(47-37-28-23-25-30-39-49-58(64)67-55(43-33-19-14-9-2)44-34-20-15-10-3)48-38-29-24-26-31-40-50-59(65)68-56(45-35-21-16-11-4)46-36-22-17-12-5/h54-57,63H,8-53H2,1-7H3. The van der Waals surface area contributed by atoms with Crippen LogP contribution in [0.4, 0.5) is 4.79 Å². The summed E-state index contributed by atoms with van der Waals surface area (Å²) in [6, 6.07) is 0. The summed E-state index contributed by atoms with van der Waals surface area (Å²) in [5.74, 6) is -0.0354. The highest BCUT2D eigenvalue weighted by atomic mass is 16.6. The van der Waals surface area contributed by atoms with Gasteiger partial charge in [0.1, 0.15) is 18.3 Å². The van der Waals surface area contributed by atoms with Crippen LogP contribution in [0.5, 0.6) is 0 Å². The first-order chi connectivity index (χ1) is 33.6. The van der Waals surface area contributed by atoms with Gasteiger partial charge in [-0.1, -0.05) is 195 Å². The molecule has 1 N–H and O–H groups in total. The number of nitrogens with zero attached hydrogens (tertiary/aromatic N) is 2. The van der Waals surface area contributed by atoms with Crippen molar-refractivity contribution in [3.8, 4) is 0 Å². The second kappa shape index (κ2) is 51.0. The van der Waals surface area contributed by atoms with E-state index < -0.39 is 6.10 Å². The predicted octanol–water partition coefficient (Wildman–Crippen LogP) is 17.4. The second-order valence-corrected chi connectivity index (χ2v) is 21.4. The van der Waals surface area contributed by atoms with Gasteiger partial charge in [0.25, 0.3) is 0 Å². The lowest BCUT2D eigenvalue weighted by Crippen LogP contribution is -2.41. The number of carbonyl (C=O) groups is 3. The predicted molar refractivity (Wildman–Crippen MR) is 293 cm³/mol. The molecule has 0 bridgehead atoms. The SMILES string of the molecule is CCCCCCCC(O)CN(CCCN(C)C)C(=O)OC(CCCCCCCCC(=O)OC(CCCCCC)CCCCCC)CCCCCCCCC(=O)OC(CCCCCC)CCCCCC. The van der Waals surface area contributed by atoms with Crippen molar-refractivity contribution < 1.29 is 33.7 Å². The first kappa shape index (κ1) is 67.1. The first-order valence-corrected chi connectivity index (χ1v) is 30.3. The van der Waals surface area contributed by atoms with E-state index in [-0.39, 0.29) is 36.3 Å². The monoisotopic (exact) mass is 979 g/mol. The summed E-state index contributed by atoms with van der Waals surface area (Å²) in [5, 5.41) is 11.0. The van der Waals surface area contributed by atoms with Crippen LogP contribution in [0.15, 0.2) is 0 Å². The Labute approximate surface area is 428 Å². The highest BCUT2D eigenvalue weighted by Crippen LogP contribution is 2.22. The molecule has 0 aromatic rings. The van der Waals surface area contributed by atoms with Crippen molar-refractivity contribution in [1.82, 2.24) is 9.80 Å². The van der Waals surface area contributed by atoms with Gasteiger partial charge in [-0.05, 0) is 123 Å². The van der Waals surface area contributed by atoms with Crippen LogP contribution in [0, 0.1) is 0 Å². The molecular weight excluding hydrogens is 861 g/mol. The molecule has 0 aliphatic carbocycles. The van der Waals surface area contributed by atoms with Crippen LogP contribution in [0.2, 0.25) is 0 Å². The molecule has 69 heavy (non-hydrogen) atoms. The fraction of sp³-hybridized carbons (Fsp3) is 0.950. The number of hydrogen-bond acceptors (Lipinski definition) is 8. The maximum atomic E-state index is 13.9. The van der Waals surface area contributed by atoms with E-state index in [1.807, 2.05) is 0 Å². The molecule has 0 aromatic carbocycles.